The molecule has 3 aromatic rings. The molecule has 1 aromatic carbocycles. The van der Waals surface area contributed by atoms with Crippen LogP contribution < -0.4 is 4.74 Å². The fraction of sp³-hybridized carbons (Fsp3) is 0.368. The van der Waals surface area contributed by atoms with E-state index in [4.69, 9.17) is 16.3 Å². The lowest BCUT2D eigenvalue weighted by Crippen LogP contribution is -2.45. The maximum Gasteiger partial charge on any atom is 0.273 e. The zero-order valence-electron chi connectivity index (χ0n) is 15.5. The number of rotatable bonds is 8. The maximum atomic E-state index is 14.6. The molecule has 30 heavy (non-hydrogen) atoms. The highest BCUT2D eigenvalue weighted by Gasteiger charge is 2.51. The van der Waals surface area contributed by atoms with E-state index in [0.717, 1.165) is 36.0 Å². The lowest BCUT2D eigenvalue weighted by molar-refractivity contribution is -0.130. The number of alkyl halides is 2. The molecule has 1 fully saturated rings. The van der Waals surface area contributed by atoms with Crippen molar-refractivity contribution in [3.05, 3.63) is 65.0 Å². The number of benzene rings is 1. The average Bonchev–Trinajstić information content (AvgIpc) is 3.40. The third-order valence-corrected chi connectivity index (χ3v) is 5.20. The molecule has 2 atom stereocenters. The molecule has 158 valence electrons. The van der Waals surface area contributed by atoms with Gasteiger partial charge < -0.3 is 9.84 Å². The van der Waals surface area contributed by atoms with Gasteiger partial charge in [-0.3, -0.25) is 4.98 Å². The minimum Gasteiger partial charge on any atom is -0.492 e. The van der Waals surface area contributed by atoms with E-state index in [9.17, 15) is 18.3 Å². The van der Waals surface area contributed by atoms with E-state index in [1.807, 2.05) is 0 Å². The largest absolute Gasteiger partial charge is 0.492 e. The van der Waals surface area contributed by atoms with Gasteiger partial charge in [-0.2, -0.15) is 0 Å². The molecule has 4 rings (SSSR count). The molecular formula is C19H17ClF3N5O2. The van der Waals surface area contributed by atoms with E-state index in [-0.39, 0.29) is 10.7 Å². The van der Waals surface area contributed by atoms with Crippen LogP contribution in [0.1, 0.15) is 30.1 Å². The topological polar surface area (TPSA) is 86.0 Å². The Kier molecular flexibility index (Phi) is 5.61. The smallest absolute Gasteiger partial charge is 0.273 e. The van der Waals surface area contributed by atoms with Crippen molar-refractivity contribution in [3.63, 3.8) is 0 Å². The number of hydrogen-bond donors (Lipinski definition) is 1. The van der Waals surface area contributed by atoms with Crippen molar-refractivity contribution < 1.29 is 23.0 Å². The highest BCUT2D eigenvalue weighted by atomic mass is 35.5. The van der Waals surface area contributed by atoms with E-state index in [0.29, 0.717) is 18.3 Å². The number of pyridine rings is 1. The summed E-state index contributed by atoms with van der Waals surface area (Å²) in [5.74, 6) is -0.109. The first kappa shape index (κ1) is 20.5. The normalized spacial score (nSPS) is 17.0. The van der Waals surface area contributed by atoms with Gasteiger partial charge in [0.25, 0.3) is 6.43 Å². The fourth-order valence-electron chi connectivity index (χ4n) is 3.19. The molecule has 2 aromatic heterocycles. The summed E-state index contributed by atoms with van der Waals surface area (Å²) in [5.41, 5.74) is -3.69. The second-order valence-corrected chi connectivity index (χ2v) is 7.55. The third kappa shape index (κ3) is 3.97. The third-order valence-electron chi connectivity index (χ3n) is 4.96. The molecule has 2 heterocycles. The van der Waals surface area contributed by atoms with Crippen LogP contribution in [0.15, 0.2) is 42.9 Å². The van der Waals surface area contributed by atoms with Crippen LogP contribution in [0.5, 0.6) is 5.75 Å². The Bertz CT molecular complexity index is 1000. The standard InChI is InChI=1S/C19H17ClF3N5O2/c20-12-3-5-14(15(21)7-12)19(29,18(22)23)17(28-10-25-26-27-28)16-6-4-13(8-24-16)30-9-11-1-2-11/h3-8,10-11,17-18,29H,1-2,9H2. The molecule has 1 aliphatic rings. The van der Waals surface area contributed by atoms with Gasteiger partial charge in [0.15, 0.2) is 5.60 Å². The van der Waals surface area contributed by atoms with E-state index < -0.39 is 29.4 Å². The molecule has 1 saturated carbocycles. The lowest BCUT2D eigenvalue weighted by atomic mass is 9.84. The van der Waals surface area contributed by atoms with E-state index in [2.05, 4.69) is 20.5 Å². The minimum atomic E-state index is -3.41. The quantitative estimate of drug-likeness (QED) is 0.579. The van der Waals surface area contributed by atoms with Gasteiger partial charge in [-0.05, 0) is 53.5 Å². The van der Waals surface area contributed by atoms with Gasteiger partial charge in [0.2, 0.25) is 0 Å². The summed E-state index contributed by atoms with van der Waals surface area (Å²) in [6, 6.07) is 4.41. The van der Waals surface area contributed by atoms with Gasteiger partial charge in [0, 0.05) is 10.6 Å². The summed E-state index contributed by atoms with van der Waals surface area (Å²) in [6.45, 7) is 0.550. The first-order chi connectivity index (χ1) is 14.4. The van der Waals surface area contributed by atoms with Crippen LogP contribution >= 0.6 is 11.6 Å². The molecule has 1 N–H and O–H groups in total. The number of halogens is 4. The Balaban J connectivity index is 1.76. The van der Waals surface area contributed by atoms with E-state index in [1.165, 1.54) is 18.3 Å². The number of nitrogens with zero attached hydrogens (tertiary/aromatic N) is 5. The van der Waals surface area contributed by atoms with Crippen molar-refractivity contribution >= 4 is 11.6 Å². The number of aromatic nitrogens is 5. The fourth-order valence-corrected chi connectivity index (χ4v) is 3.34. The van der Waals surface area contributed by atoms with Crippen molar-refractivity contribution in [2.75, 3.05) is 6.61 Å². The Morgan fingerprint density at radius 3 is 2.63 bits per heavy atom. The number of ether oxygens (including phenoxy) is 1. The van der Waals surface area contributed by atoms with Gasteiger partial charge in [-0.15, -0.1) is 5.10 Å². The predicted molar refractivity (Wildman–Crippen MR) is 99.7 cm³/mol. The van der Waals surface area contributed by atoms with Crippen molar-refractivity contribution in [2.24, 2.45) is 5.92 Å². The molecule has 7 nitrogen and oxygen atoms in total. The Morgan fingerprint density at radius 1 is 1.27 bits per heavy atom. The van der Waals surface area contributed by atoms with Crippen LogP contribution in [-0.2, 0) is 5.60 Å². The van der Waals surface area contributed by atoms with Crippen molar-refractivity contribution in [1.82, 2.24) is 25.2 Å². The van der Waals surface area contributed by atoms with E-state index >= 15 is 0 Å². The first-order valence-corrected chi connectivity index (χ1v) is 9.54. The number of hydrogen-bond acceptors (Lipinski definition) is 6. The Hall–Kier alpha value is -2.72. The monoisotopic (exact) mass is 439 g/mol. The van der Waals surface area contributed by atoms with Crippen LogP contribution in [0, 0.1) is 11.7 Å². The summed E-state index contributed by atoms with van der Waals surface area (Å²) in [4.78, 5) is 4.17. The molecule has 0 radical (unpaired) electrons. The molecule has 11 heteroatoms. The van der Waals surface area contributed by atoms with Crippen LogP contribution in [-0.4, -0.2) is 43.3 Å². The molecule has 0 spiro atoms. The highest BCUT2D eigenvalue weighted by Crippen LogP contribution is 2.43. The summed E-state index contributed by atoms with van der Waals surface area (Å²) < 4.78 is 49.7. The lowest BCUT2D eigenvalue weighted by Gasteiger charge is -2.35. The van der Waals surface area contributed by atoms with Crippen LogP contribution in [0.25, 0.3) is 0 Å². The second kappa shape index (κ2) is 8.19. The summed E-state index contributed by atoms with van der Waals surface area (Å²) in [7, 11) is 0. The predicted octanol–water partition coefficient (Wildman–Crippen LogP) is 3.39. The van der Waals surface area contributed by atoms with Gasteiger partial charge in [0.05, 0.1) is 18.5 Å². The summed E-state index contributed by atoms with van der Waals surface area (Å²) in [6.07, 6.45) is 1.22. The zero-order valence-corrected chi connectivity index (χ0v) is 16.3. The molecule has 0 bridgehead atoms. The molecule has 0 aliphatic heterocycles. The molecule has 1 aliphatic carbocycles. The summed E-state index contributed by atoms with van der Waals surface area (Å²) in [5, 5.41) is 21.7. The number of tetrazole rings is 1. The van der Waals surface area contributed by atoms with Crippen LogP contribution in [0.3, 0.4) is 0 Å². The maximum absolute atomic E-state index is 14.6. The highest BCUT2D eigenvalue weighted by molar-refractivity contribution is 6.30. The first-order valence-electron chi connectivity index (χ1n) is 9.17. The van der Waals surface area contributed by atoms with Crippen LogP contribution in [0.2, 0.25) is 5.02 Å². The second-order valence-electron chi connectivity index (χ2n) is 7.12. The molecule has 2 unspecified atom stereocenters. The van der Waals surface area contributed by atoms with Crippen molar-refractivity contribution in [1.29, 1.82) is 0 Å². The van der Waals surface area contributed by atoms with Gasteiger partial charge in [0.1, 0.15) is 23.9 Å². The minimum absolute atomic E-state index is 0.00165. The van der Waals surface area contributed by atoms with Crippen molar-refractivity contribution in [2.45, 2.75) is 30.9 Å². The molecule has 0 saturated heterocycles. The van der Waals surface area contributed by atoms with Crippen molar-refractivity contribution in [3.8, 4) is 5.75 Å². The molecule has 0 amide bonds. The van der Waals surface area contributed by atoms with E-state index in [1.54, 1.807) is 6.07 Å². The zero-order chi connectivity index (χ0) is 21.3. The average molecular weight is 440 g/mol. The summed E-state index contributed by atoms with van der Waals surface area (Å²) >= 11 is 5.74. The van der Waals surface area contributed by atoms with Gasteiger partial charge >= 0.3 is 0 Å². The number of aliphatic hydroxyl groups is 1. The Morgan fingerprint density at radius 2 is 2.07 bits per heavy atom. The van der Waals surface area contributed by atoms with Gasteiger partial charge in [-0.1, -0.05) is 17.7 Å². The van der Waals surface area contributed by atoms with Gasteiger partial charge in [-0.25, -0.2) is 17.9 Å². The Labute approximate surface area is 174 Å². The molecular weight excluding hydrogens is 423 g/mol. The van der Waals surface area contributed by atoms with Crippen LogP contribution in [0.4, 0.5) is 13.2 Å². The SMILES string of the molecule is OC(c1ccc(Cl)cc1F)(C(F)F)C(c1ccc(OCC2CC2)cn1)n1cnnn1.